The predicted molar refractivity (Wildman–Crippen MR) is 134 cm³/mol. The van der Waals surface area contributed by atoms with E-state index in [-0.39, 0.29) is 22.3 Å². The second-order valence-electron chi connectivity index (χ2n) is 11.8. The molecule has 31 heavy (non-hydrogen) atoms. The third kappa shape index (κ3) is 6.78. The number of hydrogen-bond acceptors (Lipinski definition) is 4. The Morgan fingerprint density at radius 2 is 1.52 bits per heavy atom. The molecule has 176 valence electrons. The van der Waals surface area contributed by atoms with Crippen molar-refractivity contribution in [3.8, 4) is 0 Å². The van der Waals surface area contributed by atoms with Crippen molar-refractivity contribution in [1.29, 1.82) is 0 Å². The summed E-state index contributed by atoms with van der Waals surface area (Å²) in [4.78, 5) is 0. The lowest BCUT2D eigenvalue weighted by molar-refractivity contribution is -0.0150. The molecule has 0 saturated carbocycles. The summed E-state index contributed by atoms with van der Waals surface area (Å²) in [5.74, 6) is 0.574. The van der Waals surface area contributed by atoms with Crippen LogP contribution in [0.1, 0.15) is 59.6 Å². The van der Waals surface area contributed by atoms with Crippen molar-refractivity contribution in [2.24, 2.45) is 0 Å². The fraction of sp³-hybridized carbons (Fsp3) is 0.680. The fourth-order valence-corrected chi connectivity index (χ4v) is 5.31. The van der Waals surface area contributed by atoms with Crippen LogP contribution >= 0.6 is 0 Å². The topological polar surface area (TPSA) is 47.9 Å². The molecular weight excluding hydrogens is 420 g/mol. The van der Waals surface area contributed by atoms with Crippen molar-refractivity contribution in [2.45, 2.75) is 103 Å². The van der Waals surface area contributed by atoms with Crippen LogP contribution in [0.5, 0.6) is 0 Å². The van der Waals surface area contributed by atoms with Crippen molar-refractivity contribution in [3.05, 3.63) is 47.7 Å². The highest BCUT2D eigenvalue weighted by molar-refractivity contribution is 6.74. The standard InChI is InChI=1S/C25H44O4Si2/c1-24(2,3)30(7,8)27-18-21-16-20(29-31(9,10)25(4,5)6)17-22(28-21)23(26)19-14-12-11-13-15-19/h11-15,17,20-21,23,26H,16,18H2,1-10H3/t20-,21-,23-/m0/s1. The molecule has 2 rings (SSSR count). The first-order valence-electron chi connectivity index (χ1n) is 11.5. The second-order valence-corrected chi connectivity index (χ2v) is 21.4. The quantitative estimate of drug-likeness (QED) is 0.450. The van der Waals surface area contributed by atoms with Gasteiger partial charge in [-0.1, -0.05) is 71.9 Å². The largest absolute Gasteiger partial charge is 0.489 e. The Kier molecular flexibility index (Phi) is 8.08. The number of ether oxygens (including phenoxy) is 1. The number of rotatable bonds is 7. The average Bonchev–Trinajstić information content (AvgIpc) is 2.64. The van der Waals surface area contributed by atoms with Gasteiger partial charge in [0.1, 0.15) is 18.0 Å². The maximum absolute atomic E-state index is 11.0. The highest BCUT2D eigenvalue weighted by atomic mass is 28.4. The average molecular weight is 465 g/mol. The molecule has 0 aromatic heterocycles. The molecule has 0 spiro atoms. The Labute approximate surface area is 192 Å². The van der Waals surface area contributed by atoms with E-state index in [4.69, 9.17) is 13.6 Å². The van der Waals surface area contributed by atoms with Crippen molar-refractivity contribution >= 4 is 16.6 Å². The maximum atomic E-state index is 11.0. The molecule has 1 N–H and O–H groups in total. The van der Waals surface area contributed by atoms with Gasteiger partial charge in [-0.3, -0.25) is 0 Å². The van der Waals surface area contributed by atoms with Crippen LogP contribution in [-0.2, 0) is 13.6 Å². The summed E-state index contributed by atoms with van der Waals surface area (Å²) in [6.45, 7) is 23.1. The van der Waals surface area contributed by atoms with Crippen molar-refractivity contribution < 1.29 is 18.7 Å². The van der Waals surface area contributed by atoms with Gasteiger partial charge in [0.2, 0.25) is 0 Å². The van der Waals surface area contributed by atoms with Crippen LogP contribution in [0.4, 0.5) is 0 Å². The fourth-order valence-electron chi connectivity index (χ4n) is 3.00. The van der Waals surface area contributed by atoms with Crippen LogP contribution in [-0.4, -0.2) is 40.6 Å². The zero-order chi connectivity index (χ0) is 23.7. The molecule has 0 bridgehead atoms. The molecule has 0 aliphatic carbocycles. The van der Waals surface area contributed by atoms with Gasteiger partial charge in [-0.05, 0) is 47.9 Å². The van der Waals surface area contributed by atoms with Crippen LogP contribution < -0.4 is 0 Å². The molecule has 3 atom stereocenters. The van der Waals surface area contributed by atoms with Gasteiger partial charge in [0, 0.05) is 6.42 Å². The van der Waals surface area contributed by atoms with Crippen LogP contribution in [0.15, 0.2) is 42.2 Å². The number of hydrogen-bond donors (Lipinski definition) is 1. The van der Waals surface area contributed by atoms with Crippen LogP contribution in [0.3, 0.4) is 0 Å². The van der Waals surface area contributed by atoms with E-state index >= 15 is 0 Å². The third-order valence-electron chi connectivity index (χ3n) is 7.22. The number of aliphatic hydroxyl groups excluding tert-OH is 1. The zero-order valence-electron chi connectivity index (χ0n) is 21.3. The molecule has 1 aromatic rings. The lowest BCUT2D eigenvalue weighted by Gasteiger charge is -2.42. The Bertz CT molecular complexity index is 745. The minimum absolute atomic E-state index is 0.0870. The first-order valence-corrected chi connectivity index (χ1v) is 17.3. The Hall–Kier alpha value is -0.926. The summed E-state index contributed by atoms with van der Waals surface area (Å²) in [7, 11) is -3.86. The van der Waals surface area contributed by atoms with Crippen molar-refractivity contribution in [3.63, 3.8) is 0 Å². The van der Waals surface area contributed by atoms with Crippen LogP contribution in [0.2, 0.25) is 36.3 Å². The van der Waals surface area contributed by atoms with Gasteiger partial charge < -0.3 is 18.7 Å². The number of aliphatic hydroxyl groups is 1. The summed E-state index contributed by atoms with van der Waals surface area (Å²) in [5.41, 5.74) is 0.825. The highest BCUT2D eigenvalue weighted by Gasteiger charge is 2.42. The van der Waals surface area contributed by atoms with E-state index in [1.165, 1.54) is 0 Å². The monoisotopic (exact) mass is 464 g/mol. The highest BCUT2D eigenvalue weighted by Crippen LogP contribution is 2.40. The van der Waals surface area contributed by atoms with Crippen molar-refractivity contribution in [1.82, 2.24) is 0 Å². The Balaban J connectivity index is 2.25. The summed E-state index contributed by atoms with van der Waals surface area (Å²) < 4.78 is 19.5. The second kappa shape index (κ2) is 9.51. The molecule has 6 heteroatoms. The van der Waals surface area contributed by atoms with E-state index in [1.54, 1.807) is 0 Å². The molecule has 0 radical (unpaired) electrons. The molecule has 0 unspecified atom stereocenters. The summed E-state index contributed by atoms with van der Waals surface area (Å²) in [6, 6.07) is 9.67. The normalized spacial score (nSPS) is 22.0. The number of benzene rings is 1. The van der Waals surface area contributed by atoms with Crippen molar-refractivity contribution in [2.75, 3.05) is 6.61 Å². The van der Waals surface area contributed by atoms with Gasteiger partial charge in [0.25, 0.3) is 0 Å². The third-order valence-corrected chi connectivity index (χ3v) is 16.2. The smallest absolute Gasteiger partial charge is 0.192 e. The molecule has 1 aliphatic rings. The predicted octanol–water partition coefficient (Wildman–Crippen LogP) is 6.81. The molecular formula is C25H44O4Si2. The molecule has 0 saturated heterocycles. The van der Waals surface area contributed by atoms with Crippen LogP contribution in [0.25, 0.3) is 0 Å². The van der Waals surface area contributed by atoms with E-state index in [1.807, 2.05) is 36.4 Å². The summed E-state index contributed by atoms with van der Waals surface area (Å²) in [6.07, 6.45) is 1.70. The summed E-state index contributed by atoms with van der Waals surface area (Å²) in [5, 5.41) is 11.3. The van der Waals surface area contributed by atoms with E-state index in [9.17, 15) is 5.11 Å². The molecule has 0 amide bonds. The Morgan fingerprint density at radius 3 is 2.03 bits per heavy atom. The van der Waals surface area contributed by atoms with Gasteiger partial charge >= 0.3 is 0 Å². The minimum atomic E-state index is -1.97. The molecule has 0 fully saturated rings. The van der Waals surface area contributed by atoms with Gasteiger partial charge in [-0.2, -0.15) is 0 Å². The van der Waals surface area contributed by atoms with Gasteiger partial charge in [-0.15, -0.1) is 0 Å². The lowest BCUT2D eigenvalue weighted by atomic mass is 10.0. The van der Waals surface area contributed by atoms with E-state index < -0.39 is 22.7 Å². The molecule has 1 heterocycles. The SMILES string of the molecule is CC(C)(C)[Si](C)(C)OC[C@@H]1C[C@H](O[Si](C)(C)C(C)(C)C)C=C([C@@H](O)c2ccccc2)O1. The minimum Gasteiger partial charge on any atom is -0.489 e. The molecule has 1 aromatic carbocycles. The van der Waals surface area contributed by atoms with E-state index in [0.29, 0.717) is 12.4 Å². The molecule has 4 nitrogen and oxygen atoms in total. The maximum Gasteiger partial charge on any atom is 0.192 e. The lowest BCUT2D eigenvalue weighted by Crippen LogP contribution is -2.47. The van der Waals surface area contributed by atoms with Gasteiger partial charge in [0.15, 0.2) is 16.6 Å². The van der Waals surface area contributed by atoms with E-state index in [2.05, 4.69) is 67.7 Å². The van der Waals surface area contributed by atoms with Gasteiger partial charge in [0.05, 0.1) is 12.7 Å². The first-order chi connectivity index (χ1) is 14.0. The summed E-state index contributed by atoms with van der Waals surface area (Å²) >= 11 is 0. The van der Waals surface area contributed by atoms with Crippen LogP contribution in [0, 0.1) is 0 Å². The first kappa shape index (κ1) is 26.3. The van der Waals surface area contributed by atoms with Gasteiger partial charge in [-0.25, -0.2) is 0 Å². The van der Waals surface area contributed by atoms with E-state index in [0.717, 1.165) is 12.0 Å². The Morgan fingerprint density at radius 1 is 0.968 bits per heavy atom. The zero-order valence-corrected chi connectivity index (χ0v) is 23.3. The molecule has 1 aliphatic heterocycles.